The van der Waals surface area contributed by atoms with Gasteiger partial charge in [-0.05, 0) is 62.7 Å². The molecule has 1 aliphatic heterocycles. The Kier molecular flexibility index (Phi) is 5.42. The number of aromatic nitrogens is 3. The minimum absolute atomic E-state index is 0.151. The molecule has 30 heavy (non-hydrogen) atoms. The molecule has 3 heterocycles. The van der Waals surface area contributed by atoms with Crippen LogP contribution in [-0.2, 0) is 4.43 Å². The third-order valence-electron chi connectivity index (χ3n) is 7.47. The Bertz CT molecular complexity index is 913. The van der Waals surface area contributed by atoms with E-state index in [0.717, 1.165) is 18.5 Å². The first-order valence-corrected chi connectivity index (χ1v) is 13.9. The van der Waals surface area contributed by atoms with Gasteiger partial charge in [-0.1, -0.05) is 20.8 Å². The highest BCUT2D eigenvalue weighted by atomic mass is 28.4. The summed E-state index contributed by atoms with van der Waals surface area (Å²) in [6.07, 6.45) is 8.66. The van der Waals surface area contributed by atoms with Crippen LogP contribution in [0.4, 0.5) is 8.78 Å². The molecule has 2 aromatic rings. The van der Waals surface area contributed by atoms with Crippen molar-refractivity contribution in [2.45, 2.75) is 95.2 Å². The van der Waals surface area contributed by atoms with Crippen molar-refractivity contribution in [1.82, 2.24) is 14.5 Å². The van der Waals surface area contributed by atoms with E-state index in [0.29, 0.717) is 36.9 Å². The molecule has 1 saturated carbocycles. The zero-order valence-electron chi connectivity index (χ0n) is 18.7. The molecule has 4 nitrogen and oxygen atoms in total. The van der Waals surface area contributed by atoms with Gasteiger partial charge < -0.3 is 8.99 Å². The fraction of sp³-hybridized carbons (Fsp3) is 0.652. The van der Waals surface area contributed by atoms with Crippen LogP contribution < -0.4 is 0 Å². The summed E-state index contributed by atoms with van der Waals surface area (Å²) in [5, 5.41) is 0.165. The molecular weight excluding hydrogens is 400 g/mol. The number of nitrogens with zero attached hydrogens (tertiary/aromatic N) is 3. The van der Waals surface area contributed by atoms with Crippen LogP contribution in [0.2, 0.25) is 18.1 Å². The third-order valence-corrected chi connectivity index (χ3v) is 12.0. The van der Waals surface area contributed by atoms with Gasteiger partial charge in [0.25, 0.3) is 0 Å². The summed E-state index contributed by atoms with van der Waals surface area (Å²) in [6.45, 7) is 11.2. The third kappa shape index (κ3) is 3.86. The summed E-state index contributed by atoms with van der Waals surface area (Å²) in [5.41, 5.74) is 0.759. The first kappa shape index (κ1) is 21.6. The lowest BCUT2D eigenvalue weighted by Crippen LogP contribution is -2.46. The Balaban J connectivity index is 1.40. The first-order valence-electron chi connectivity index (χ1n) is 11.0. The molecule has 4 rings (SSSR count). The van der Waals surface area contributed by atoms with Crippen molar-refractivity contribution in [3.8, 4) is 11.3 Å². The van der Waals surface area contributed by atoms with Gasteiger partial charge in [0.05, 0.1) is 35.5 Å². The number of alkyl halides is 1. The number of rotatable bonds is 5. The van der Waals surface area contributed by atoms with Gasteiger partial charge in [-0.2, -0.15) is 0 Å². The van der Waals surface area contributed by atoms with Crippen molar-refractivity contribution in [3.05, 3.63) is 36.3 Å². The van der Waals surface area contributed by atoms with Crippen LogP contribution in [0.1, 0.15) is 71.0 Å². The lowest BCUT2D eigenvalue weighted by atomic mass is 9.81. The minimum Gasteiger partial charge on any atom is -0.414 e. The van der Waals surface area contributed by atoms with Crippen molar-refractivity contribution in [1.29, 1.82) is 0 Å². The zero-order valence-corrected chi connectivity index (χ0v) is 19.7. The molecule has 2 aliphatic rings. The van der Waals surface area contributed by atoms with E-state index in [9.17, 15) is 4.39 Å². The van der Waals surface area contributed by atoms with Crippen LogP contribution in [0.15, 0.2) is 24.8 Å². The average Bonchev–Trinajstić information content (AvgIpc) is 3.22. The zero-order chi connectivity index (χ0) is 21.7. The van der Waals surface area contributed by atoms with Gasteiger partial charge in [0, 0.05) is 12.3 Å². The lowest BCUT2D eigenvalue weighted by molar-refractivity contribution is 0.0302. The molecule has 0 N–H and O–H groups in total. The van der Waals surface area contributed by atoms with Crippen LogP contribution in [0.5, 0.6) is 0 Å². The maximum Gasteiger partial charge on any atom is 0.192 e. The van der Waals surface area contributed by atoms with Crippen molar-refractivity contribution >= 4 is 8.32 Å². The quantitative estimate of drug-likeness (QED) is 0.509. The lowest BCUT2D eigenvalue weighted by Gasteiger charge is -2.42. The summed E-state index contributed by atoms with van der Waals surface area (Å²) >= 11 is 0. The minimum atomic E-state index is -1.83. The fourth-order valence-corrected chi connectivity index (χ4v) is 6.00. The highest BCUT2D eigenvalue weighted by Crippen LogP contribution is 2.46. The highest BCUT2D eigenvalue weighted by Gasteiger charge is 2.43. The predicted molar refractivity (Wildman–Crippen MR) is 117 cm³/mol. The van der Waals surface area contributed by atoms with Crippen molar-refractivity contribution in [3.63, 3.8) is 0 Å². The van der Waals surface area contributed by atoms with Gasteiger partial charge in [-0.3, -0.25) is 4.98 Å². The smallest absolute Gasteiger partial charge is 0.192 e. The largest absolute Gasteiger partial charge is 0.414 e. The van der Waals surface area contributed by atoms with E-state index in [2.05, 4.69) is 43.8 Å². The average molecular weight is 434 g/mol. The summed E-state index contributed by atoms with van der Waals surface area (Å²) in [6, 6.07) is 1.22. The summed E-state index contributed by atoms with van der Waals surface area (Å²) in [4.78, 5) is 8.60. The SMILES string of the molecule is CC(C)(C)[Si](C)(C)OC1CCC(F)(CCC2c3nccc(F)c3-c3cncn32)CC1. The number of pyridine rings is 1. The maximum absolute atomic E-state index is 15.7. The van der Waals surface area contributed by atoms with Gasteiger partial charge in [-0.15, -0.1) is 0 Å². The standard InChI is InChI=1S/C23H33F2N3OSi/c1-22(2,3)30(4,5)29-16-6-10-23(25,11-7-16)12-8-18-21-20(17(24)9-13-27-21)19-14-26-15-28(18)19/h9,13-16,18H,6-8,10-12H2,1-5H3. The van der Waals surface area contributed by atoms with Gasteiger partial charge in [-0.25, -0.2) is 13.8 Å². The Labute approximate surface area is 179 Å². The van der Waals surface area contributed by atoms with Gasteiger partial charge in [0.15, 0.2) is 8.32 Å². The van der Waals surface area contributed by atoms with E-state index in [1.54, 1.807) is 12.5 Å². The van der Waals surface area contributed by atoms with Crippen LogP contribution >= 0.6 is 0 Å². The molecule has 2 aromatic heterocycles. The van der Waals surface area contributed by atoms with Crippen LogP contribution in [0, 0.1) is 5.82 Å². The first-order chi connectivity index (χ1) is 14.0. The molecule has 0 bridgehead atoms. The fourth-order valence-electron chi connectivity index (χ4n) is 4.58. The molecule has 1 aliphatic carbocycles. The molecule has 1 atom stereocenters. The maximum atomic E-state index is 15.7. The van der Waals surface area contributed by atoms with E-state index >= 15 is 4.39 Å². The van der Waals surface area contributed by atoms with Crippen molar-refractivity contribution < 1.29 is 13.2 Å². The van der Waals surface area contributed by atoms with Gasteiger partial charge in [0.1, 0.15) is 11.5 Å². The molecule has 1 unspecified atom stereocenters. The van der Waals surface area contributed by atoms with Crippen LogP contribution in [0.25, 0.3) is 11.3 Å². The number of imidazole rings is 1. The molecule has 0 radical (unpaired) electrons. The summed E-state index contributed by atoms with van der Waals surface area (Å²) in [5.74, 6) is -0.289. The summed E-state index contributed by atoms with van der Waals surface area (Å²) < 4.78 is 38.5. The predicted octanol–water partition coefficient (Wildman–Crippen LogP) is 6.44. The molecule has 164 valence electrons. The van der Waals surface area contributed by atoms with Gasteiger partial charge in [0.2, 0.25) is 0 Å². The Morgan fingerprint density at radius 1 is 1.27 bits per heavy atom. The molecule has 0 spiro atoms. The van der Waals surface area contributed by atoms with Gasteiger partial charge >= 0.3 is 0 Å². The van der Waals surface area contributed by atoms with Crippen LogP contribution in [-0.4, -0.2) is 34.6 Å². The van der Waals surface area contributed by atoms with E-state index < -0.39 is 14.0 Å². The second kappa shape index (κ2) is 7.52. The Hall–Kier alpha value is -1.60. The number of halogens is 2. The Morgan fingerprint density at radius 3 is 2.63 bits per heavy atom. The number of hydrogen-bond acceptors (Lipinski definition) is 3. The molecule has 0 aromatic carbocycles. The molecule has 0 saturated heterocycles. The highest BCUT2D eigenvalue weighted by molar-refractivity contribution is 6.74. The van der Waals surface area contributed by atoms with Crippen LogP contribution in [0.3, 0.4) is 0 Å². The number of hydrogen-bond donors (Lipinski definition) is 0. The molecule has 1 fully saturated rings. The molecular formula is C23H33F2N3OSi. The molecule has 0 amide bonds. The topological polar surface area (TPSA) is 39.9 Å². The second-order valence-corrected chi connectivity index (χ2v) is 15.3. The summed E-state index contributed by atoms with van der Waals surface area (Å²) in [7, 11) is -1.83. The van der Waals surface area contributed by atoms with Crippen molar-refractivity contribution in [2.24, 2.45) is 0 Å². The normalized spacial score (nSPS) is 26.5. The monoisotopic (exact) mass is 433 g/mol. The second-order valence-electron chi connectivity index (χ2n) is 10.5. The van der Waals surface area contributed by atoms with Crippen molar-refractivity contribution in [2.75, 3.05) is 0 Å². The Morgan fingerprint density at radius 2 is 1.97 bits per heavy atom. The molecule has 7 heteroatoms. The van der Waals surface area contributed by atoms with E-state index in [-0.39, 0.29) is 23.0 Å². The van der Waals surface area contributed by atoms with E-state index in [1.807, 2.05) is 4.57 Å². The van der Waals surface area contributed by atoms with E-state index in [1.165, 1.54) is 12.3 Å². The van der Waals surface area contributed by atoms with E-state index in [4.69, 9.17) is 4.43 Å². The number of fused-ring (bicyclic) bond motifs is 3.